The van der Waals surface area contributed by atoms with Gasteiger partial charge in [-0.05, 0) is 161 Å². The van der Waals surface area contributed by atoms with Gasteiger partial charge >= 0.3 is 39.5 Å². The Morgan fingerprint density at radius 3 is 0.817 bits per heavy atom. The predicted molar refractivity (Wildman–Crippen MR) is 426 cm³/mol. The molecule has 0 aliphatic carbocycles. The van der Waals surface area contributed by atoms with Gasteiger partial charge in [-0.15, -0.1) is 0 Å². The highest BCUT2D eigenvalue weighted by Crippen LogP contribution is 2.45. The SMILES string of the molecule is CC/C=C\C/C=C\C/C=C\C/C=C\C/C=C\CCCC(=O)OCC(COP(=O)(O)OCC(O)COP(=O)(O)OCC(COC(=O)CCCCCCCCC/C=C\C/C=C\C/C=C\CC)OC(=O)CCCCCCC/C=C\C/C=C\CCC)OC(=O)CCC/C=C\C/C=C\C/C=C\C/C=C\C/C=C\CC. The number of carbonyl (C=O) groups is 4. The van der Waals surface area contributed by atoms with Crippen LogP contribution >= 0.6 is 15.6 Å². The van der Waals surface area contributed by atoms with E-state index in [1.165, 1.54) is 0 Å². The second-order valence-electron chi connectivity index (χ2n) is 25.1. The molecule has 3 N–H and O–H groups in total. The summed E-state index contributed by atoms with van der Waals surface area (Å²) >= 11 is 0. The average Bonchev–Trinajstić information content (AvgIpc) is 0.910. The molecule has 0 rings (SSSR count). The largest absolute Gasteiger partial charge is 0.472 e. The van der Waals surface area contributed by atoms with Gasteiger partial charge in [-0.25, -0.2) is 9.13 Å². The van der Waals surface area contributed by atoms with Gasteiger partial charge in [0.25, 0.3) is 0 Å². The molecule has 0 aliphatic rings. The van der Waals surface area contributed by atoms with E-state index in [2.05, 4.69) is 186 Å². The zero-order chi connectivity index (χ0) is 76.0. The normalized spacial score (nSPS) is 14.9. The number of hydrogen-bond donors (Lipinski definition) is 3. The van der Waals surface area contributed by atoms with Crippen molar-refractivity contribution >= 4 is 39.5 Å². The Bertz CT molecular complexity index is 2690. The fourth-order valence-electron chi connectivity index (χ4n) is 9.52. The summed E-state index contributed by atoms with van der Waals surface area (Å²) in [7, 11) is -10.0. The van der Waals surface area contributed by atoms with Crippen LogP contribution in [0.15, 0.2) is 182 Å². The first-order chi connectivity index (χ1) is 50.7. The number of aliphatic hydroxyl groups excluding tert-OH is 1. The predicted octanol–water partition coefficient (Wildman–Crippen LogP) is 22.8. The molecule has 0 bridgehead atoms. The molecule has 104 heavy (non-hydrogen) atoms. The van der Waals surface area contributed by atoms with E-state index in [9.17, 15) is 43.2 Å². The van der Waals surface area contributed by atoms with Crippen LogP contribution in [0.3, 0.4) is 0 Å². The van der Waals surface area contributed by atoms with Crippen LogP contribution in [0.25, 0.3) is 0 Å². The number of phosphoric ester groups is 2. The second kappa shape index (κ2) is 75.4. The number of unbranched alkanes of at least 4 members (excludes halogenated alkanes) is 15. The van der Waals surface area contributed by atoms with Crippen molar-refractivity contribution in [2.75, 3.05) is 39.6 Å². The molecular weight excluding hydrogens is 1350 g/mol. The van der Waals surface area contributed by atoms with Gasteiger partial charge in [0.1, 0.15) is 19.3 Å². The third kappa shape index (κ3) is 74.4. The van der Waals surface area contributed by atoms with Crippen molar-refractivity contribution in [1.29, 1.82) is 0 Å². The lowest BCUT2D eigenvalue weighted by atomic mass is 10.1. The van der Waals surface area contributed by atoms with Crippen LogP contribution in [0, 0.1) is 0 Å². The summed E-state index contributed by atoms with van der Waals surface area (Å²) in [5.41, 5.74) is 0. The molecule has 0 aromatic carbocycles. The molecule has 17 nitrogen and oxygen atoms in total. The molecule has 19 heteroatoms. The Morgan fingerprint density at radius 1 is 0.279 bits per heavy atom. The lowest BCUT2D eigenvalue weighted by Gasteiger charge is -2.21. The van der Waals surface area contributed by atoms with Crippen molar-refractivity contribution in [1.82, 2.24) is 0 Å². The van der Waals surface area contributed by atoms with Crippen LogP contribution in [0.5, 0.6) is 0 Å². The van der Waals surface area contributed by atoms with Crippen LogP contribution in [0.2, 0.25) is 0 Å². The van der Waals surface area contributed by atoms with Gasteiger partial charge < -0.3 is 33.8 Å². The number of allylic oxidation sites excluding steroid dienone is 30. The van der Waals surface area contributed by atoms with Crippen molar-refractivity contribution in [2.45, 2.75) is 290 Å². The fourth-order valence-corrected chi connectivity index (χ4v) is 11.1. The van der Waals surface area contributed by atoms with Gasteiger partial charge in [-0.2, -0.15) is 0 Å². The number of carbonyl (C=O) groups excluding carboxylic acids is 4. The summed E-state index contributed by atoms with van der Waals surface area (Å²) in [4.78, 5) is 72.9. The Hall–Kier alpha value is -5.84. The molecule has 0 aromatic heterocycles. The molecule has 0 heterocycles. The van der Waals surface area contributed by atoms with E-state index in [4.69, 9.17) is 37.0 Å². The van der Waals surface area contributed by atoms with Crippen molar-refractivity contribution in [2.24, 2.45) is 0 Å². The number of rotatable bonds is 71. The molecule has 5 atom stereocenters. The number of esters is 4. The molecule has 0 saturated heterocycles. The molecule has 5 unspecified atom stereocenters. The van der Waals surface area contributed by atoms with Crippen molar-refractivity contribution in [3.8, 4) is 0 Å². The van der Waals surface area contributed by atoms with E-state index < -0.39 is 97.5 Å². The standard InChI is InChI=1S/C85H136O17P2/c1-5-9-13-17-21-25-29-33-36-39-42-46-49-53-57-61-65-69-82(87)95-75-80(101-84(89)71-67-63-59-55-51-45-32-28-24-20-16-12-8-4)77-99-103(91,92)97-73-79(86)74-98-104(93,94)100-78-81(102-85(90)72-68-64-60-56-52-48-44-41-38-35-31-27-23-19-15-11-7-3)76-96-83(88)70-66-62-58-54-50-47-43-40-37-34-30-26-22-18-14-10-6-2/h9-11,13-16,20-23,25-28,32-38,43-44,47-48,54,56,58,60,79-81,86H,5-8,12,17-19,24,29-31,39-42,45-46,49-53,55,57,59,61-78H2,1-4H3,(H,91,92)(H,93,94)/b13-9-,14-10-,15-11-,20-16-,25-21-,26-22-,27-23-,32-28-,36-33-,37-34-,38-35-,47-43-,48-44-,58-54-,60-56-. The smallest absolute Gasteiger partial charge is 0.462 e. The molecule has 0 radical (unpaired) electrons. The minimum atomic E-state index is -5.01. The maximum atomic E-state index is 13.1. The lowest BCUT2D eigenvalue weighted by molar-refractivity contribution is -0.161. The van der Waals surface area contributed by atoms with Gasteiger partial charge in [0, 0.05) is 25.7 Å². The minimum Gasteiger partial charge on any atom is -0.462 e. The van der Waals surface area contributed by atoms with Gasteiger partial charge in [0.2, 0.25) is 0 Å². The summed E-state index contributed by atoms with van der Waals surface area (Å²) in [5.74, 6) is -2.36. The maximum Gasteiger partial charge on any atom is 0.472 e. The van der Waals surface area contributed by atoms with E-state index in [0.717, 1.165) is 180 Å². The highest BCUT2D eigenvalue weighted by Gasteiger charge is 2.30. The van der Waals surface area contributed by atoms with Crippen LogP contribution in [0.4, 0.5) is 0 Å². The maximum absolute atomic E-state index is 13.1. The highest BCUT2D eigenvalue weighted by molar-refractivity contribution is 7.47. The van der Waals surface area contributed by atoms with E-state index in [1.807, 2.05) is 24.3 Å². The lowest BCUT2D eigenvalue weighted by Crippen LogP contribution is -2.30. The van der Waals surface area contributed by atoms with Crippen molar-refractivity contribution in [3.63, 3.8) is 0 Å². The van der Waals surface area contributed by atoms with E-state index >= 15 is 0 Å². The molecular formula is C85H136O17P2. The van der Waals surface area contributed by atoms with Crippen LogP contribution in [-0.4, -0.2) is 96.7 Å². The Kier molecular flexibility index (Phi) is 71.2. The summed E-state index contributed by atoms with van der Waals surface area (Å²) in [6, 6.07) is 0. The number of hydrogen-bond acceptors (Lipinski definition) is 15. The van der Waals surface area contributed by atoms with Gasteiger partial charge in [0.15, 0.2) is 12.2 Å². The number of phosphoric acid groups is 2. The van der Waals surface area contributed by atoms with E-state index in [-0.39, 0.29) is 25.7 Å². The summed E-state index contributed by atoms with van der Waals surface area (Å²) in [6.45, 7) is 4.28. The van der Waals surface area contributed by atoms with Crippen LogP contribution in [-0.2, 0) is 65.4 Å². The third-order valence-electron chi connectivity index (χ3n) is 15.3. The van der Waals surface area contributed by atoms with Crippen LogP contribution in [0.1, 0.15) is 272 Å². The summed E-state index contributed by atoms with van der Waals surface area (Å²) in [5, 5.41) is 10.6. The zero-order valence-corrected chi connectivity index (χ0v) is 65.9. The molecule has 0 spiro atoms. The van der Waals surface area contributed by atoms with Gasteiger partial charge in [-0.1, -0.05) is 268 Å². The highest BCUT2D eigenvalue weighted by atomic mass is 31.2. The fraction of sp³-hybridized carbons (Fsp3) is 0.600. The first-order valence-corrected chi connectivity index (χ1v) is 42.0. The number of aliphatic hydroxyl groups is 1. The Balaban J connectivity index is 5.49. The monoisotopic (exact) mass is 1490 g/mol. The first-order valence-electron chi connectivity index (χ1n) is 39.0. The third-order valence-corrected chi connectivity index (χ3v) is 17.2. The minimum absolute atomic E-state index is 0.00313. The first kappa shape index (κ1) is 98.2. The Morgan fingerprint density at radius 2 is 0.510 bits per heavy atom. The van der Waals surface area contributed by atoms with Gasteiger partial charge in [0.05, 0.1) is 26.4 Å². The Labute approximate surface area is 628 Å². The zero-order valence-electron chi connectivity index (χ0n) is 64.1. The number of ether oxygens (including phenoxy) is 4. The molecule has 0 fully saturated rings. The summed E-state index contributed by atoms with van der Waals surface area (Å²) < 4.78 is 68.4. The molecule has 0 aromatic rings. The molecule has 0 saturated carbocycles. The molecule has 0 aliphatic heterocycles. The molecule has 0 amide bonds. The van der Waals surface area contributed by atoms with Crippen molar-refractivity contribution in [3.05, 3.63) is 182 Å². The van der Waals surface area contributed by atoms with Gasteiger partial charge in [-0.3, -0.25) is 37.3 Å². The second-order valence-corrected chi connectivity index (χ2v) is 28.1. The summed E-state index contributed by atoms with van der Waals surface area (Å²) in [6.07, 6.45) is 90.4. The topological polar surface area (TPSA) is 237 Å². The van der Waals surface area contributed by atoms with E-state index in [0.29, 0.717) is 38.5 Å². The van der Waals surface area contributed by atoms with Crippen LogP contribution < -0.4 is 0 Å². The molecule has 588 valence electrons. The van der Waals surface area contributed by atoms with E-state index in [1.54, 1.807) is 0 Å². The van der Waals surface area contributed by atoms with Crippen molar-refractivity contribution < 1.29 is 80.2 Å². The average molecular weight is 1490 g/mol. The quantitative estimate of drug-likeness (QED) is 0.0169.